The number of unbranched alkanes of at least 4 members (excludes halogenated alkanes) is 1. The van der Waals surface area contributed by atoms with Gasteiger partial charge in [-0.1, -0.05) is 30.3 Å². The number of alkyl carbamates (subject to hydrolysis) is 1. The lowest BCUT2D eigenvalue weighted by atomic mass is 10.1. The molecule has 0 fully saturated rings. The van der Waals surface area contributed by atoms with Crippen LogP contribution in [-0.2, 0) is 25.5 Å². The number of nitrogens with one attached hydrogen (secondary N) is 4. The molecule has 2 aromatic rings. The molecule has 16 heteroatoms. The Balaban J connectivity index is 2.04. The molecule has 318 valence electrons. The second-order valence-corrected chi connectivity index (χ2v) is 16.4. The Labute approximate surface area is 336 Å². The van der Waals surface area contributed by atoms with Gasteiger partial charge in [-0.3, -0.25) is 0 Å². The van der Waals surface area contributed by atoms with Gasteiger partial charge in [0.2, 0.25) is 0 Å². The monoisotopic (exact) mass is 802 g/mol. The molecule has 0 bridgehead atoms. The smallest absolute Gasteiger partial charge is 0.410 e. The van der Waals surface area contributed by atoms with Crippen molar-refractivity contribution >= 4 is 41.7 Å². The molecule has 0 aliphatic rings. The van der Waals surface area contributed by atoms with Gasteiger partial charge >= 0.3 is 30.3 Å². The summed E-state index contributed by atoms with van der Waals surface area (Å²) in [7, 11) is 1.16. The summed E-state index contributed by atoms with van der Waals surface area (Å²) in [6.07, 6.45) is 0.420. The Morgan fingerprint density at radius 3 is 1.67 bits per heavy atom. The number of halogens is 1. The molecular weight excluding hydrogens is 739 g/mol. The van der Waals surface area contributed by atoms with E-state index in [4.69, 9.17) is 18.9 Å². The van der Waals surface area contributed by atoms with Crippen molar-refractivity contribution in [3.63, 3.8) is 0 Å². The van der Waals surface area contributed by atoms with Crippen molar-refractivity contribution < 1.29 is 47.3 Å². The first-order valence-electron chi connectivity index (χ1n) is 19.2. The van der Waals surface area contributed by atoms with Crippen LogP contribution in [-0.4, -0.2) is 103 Å². The normalized spacial score (nSPS) is 11.5. The Morgan fingerprint density at radius 2 is 1.16 bits per heavy atom. The number of urea groups is 1. The van der Waals surface area contributed by atoms with Crippen LogP contribution in [0.2, 0.25) is 0 Å². The minimum atomic E-state index is -0.823. The van der Waals surface area contributed by atoms with Crippen molar-refractivity contribution in [3.05, 3.63) is 59.4 Å². The number of hydrogen-bond donors (Lipinski definition) is 4. The standard InChI is InChI=1S/C41H63FN6O9/c1-39(2,3)55-36(51)44-21-17-25-48(38(53)57-41(7,8)9)23-15-14-22-47(37(52)56-40(4,5)6)24-16-20-43-33-27-32(30(26-31(33)42)34(49)54-10)46-35(50)45-28-29-18-12-11-13-19-29/h11-13,18-19,26-27,43H,14-17,20-25,28H2,1-10H3,(H,44,51)(H2,45,46,50). The minimum Gasteiger partial charge on any atom is -0.465 e. The molecule has 0 spiro atoms. The molecule has 0 atom stereocenters. The van der Waals surface area contributed by atoms with Gasteiger partial charge in [0.1, 0.15) is 22.6 Å². The van der Waals surface area contributed by atoms with Crippen molar-refractivity contribution in [1.29, 1.82) is 0 Å². The Morgan fingerprint density at radius 1 is 0.649 bits per heavy atom. The Hall–Kier alpha value is -5.28. The van der Waals surface area contributed by atoms with Gasteiger partial charge in [-0.2, -0.15) is 0 Å². The van der Waals surface area contributed by atoms with E-state index in [1.165, 1.54) is 6.07 Å². The summed E-state index contributed by atoms with van der Waals surface area (Å²) in [6.45, 7) is 18.1. The SMILES string of the molecule is COC(=O)c1cc(F)c(NCCCN(CCCCN(CCCNC(=O)OC(C)(C)C)C(=O)OC(C)(C)C)C(=O)OC(C)(C)C)cc1NC(=O)NCc1ccccc1. The van der Waals surface area contributed by atoms with Crippen LogP contribution in [0.1, 0.15) is 104 Å². The Kier molecular flexibility index (Phi) is 18.9. The van der Waals surface area contributed by atoms with Gasteiger partial charge in [0.25, 0.3) is 0 Å². The zero-order chi connectivity index (χ0) is 42.8. The minimum absolute atomic E-state index is 0.0355. The second kappa shape index (κ2) is 22.5. The number of carbonyl (C=O) groups is 5. The van der Waals surface area contributed by atoms with Crippen LogP contribution in [0, 0.1) is 5.82 Å². The van der Waals surface area contributed by atoms with E-state index in [0.29, 0.717) is 51.9 Å². The molecule has 4 N–H and O–H groups in total. The Bertz CT molecular complexity index is 1620. The first kappa shape index (κ1) is 47.9. The van der Waals surface area contributed by atoms with E-state index in [0.717, 1.165) is 18.7 Å². The van der Waals surface area contributed by atoms with Crippen molar-refractivity contribution in [2.45, 2.75) is 111 Å². The zero-order valence-corrected chi connectivity index (χ0v) is 35.3. The van der Waals surface area contributed by atoms with Gasteiger partial charge in [0.15, 0.2) is 0 Å². The van der Waals surface area contributed by atoms with E-state index in [2.05, 4.69) is 21.3 Å². The maximum absolute atomic E-state index is 15.2. The molecule has 0 aliphatic heterocycles. The zero-order valence-electron chi connectivity index (χ0n) is 35.3. The van der Waals surface area contributed by atoms with E-state index in [9.17, 15) is 24.0 Å². The molecular formula is C41H63FN6O9. The third-order valence-corrected chi connectivity index (χ3v) is 7.66. The molecule has 0 unspecified atom stereocenters. The van der Waals surface area contributed by atoms with E-state index >= 15 is 4.39 Å². The van der Waals surface area contributed by atoms with E-state index in [1.807, 2.05) is 30.3 Å². The number of anilines is 2. The molecule has 0 saturated carbocycles. The van der Waals surface area contributed by atoms with Gasteiger partial charge in [0.05, 0.1) is 24.0 Å². The van der Waals surface area contributed by atoms with Crippen LogP contribution < -0.4 is 21.3 Å². The van der Waals surface area contributed by atoms with Gasteiger partial charge < -0.3 is 50.0 Å². The highest BCUT2D eigenvalue weighted by Gasteiger charge is 2.25. The fourth-order valence-electron chi connectivity index (χ4n) is 5.15. The van der Waals surface area contributed by atoms with Gasteiger partial charge in [-0.15, -0.1) is 0 Å². The molecule has 2 aromatic carbocycles. The number of hydrogen-bond acceptors (Lipinski definition) is 10. The van der Waals surface area contributed by atoms with E-state index in [1.54, 1.807) is 72.1 Å². The average molecular weight is 803 g/mol. The first-order valence-corrected chi connectivity index (χ1v) is 19.2. The number of ether oxygens (including phenoxy) is 4. The highest BCUT2D eigenvalue weighted by molar-refractivity contribution is 6.01. The third kappa shape index (κ3) is 19.9. The first-order chi connectivity index (χ1) is 26.6. The van der Waals surface area contributed by atoms with Crippen molar-refractivity contribution in [2.24, 2.45) is 0 Å². The van der Waals surface area contributed by atoms with Crippen LogP contribution in [0.25, 0.3) is 0 Å². The second-order valence-electron chi connectivity index (χ2n) is 16.4. The van der Waals surface area contributed by atoms with E-state index in [-0.39, 0.29) is 36.6 Å². The average Bonchev–Trinajstić information content (AvgIpc) is 3.09. The summed E-state index contributed by atoms with van der Waals surface area (Å²) in [5.41, 5.74) is -1.28. The summed E-state index contributed by atoms with van der Waals surface area (Å²) in [6, 6.07) is 11.0. The molecule has 0 saturated heterocycles. The maximum Gasteiger partial charge on any atom is 0.410 e. The molecule has 2 rings (SSSR count). The van der Waals surface area contributed by atoms with Gasteiger partial charge in [-0.05, 0) is 106 Å². The lowest BCUT2D eigenvalue weighted by molar-refractivity contribution is 0.0208. The summed E-state index contributed by atoms with van der Waals surface area (Å²) in [4.78, 5) is 66.6. The van der Waals surface area contributed by atoms with Crippen molar-refractivity contribution in [3.8, 4) is 0 Å². The van der Waals surface area contributed by atoms with Gasteiger partial charge in [0, 0.05) is 45.8 Å². The number of esters is 1. The molecule has 0 radical (unpaired) electrons. The molecule has 0 aromatic heterocycles. The number of nitrogens with zero attached hydrogens (tertiary/aromatic N) is 2. The predicted molar refractivity (Wildman–Crippen MR) is 217 cm³/mol. The number of benzene rings is 2. The van der Waals surface area contributed by atoms with Crippen LogP contribution >= 0.6 is 0 Å². The number of amides is 5. The number of carbonyl (C=O) groups excluding carboxylic acids is 5. The van der Waals surface area contributed by atoms with Crippen LogP contribution in [0.4, 0.5) is 34.9 Å². The lowest BCUT2D eigenvalue weighted by Crippen LogP contribution is -2.40. The highest BCUT2D eigenvalue weighted by atomic mass is 19.1. The van der Waals surface area contributed by atoms with Crippen LogP contribution in [0.15, 0.2) is 42.5 Å². The highest BCUT2D eigenvalue weighted by Crippen LogP contribution is 2.26. The summed E-state index contributed by atoms with van der Waals surface area (Å²) in [5.74, 6) is -1.55. The fraction of sp³-hybridized carbons (Fsp3) is 0.585. The van der Waals surface area contributed by atoms with Crippen molar-refractivity contribution in [1.82, 2.24) is 20.4 Å². The predicted octanol–water partition coefficient (Wildman–Crippen LogP) is 7.91. The summed E-state index contributed by atoms with van der Waals surface area (Å²) < 4.78 is 36.5. The molecule has 0 heterocycles. The largest absolute Gasteiger partial charge is 0.465 e. The van der Waals surface area contributed by atoms with Crippen molar-refractivity contribution in [2.75, 3.05) is 57.0 Å². The van der Waals surface area contributed by atoms with Crippen LogP contribution in [0.3, 0.4) is 0 Å². The number of methoxy groups -OCH3 is 1. The molecule has 15 nitrogen and oxygen atoms in total. The van der Waals surface area contributed by atoms with Crippen LogP contribution in [0.5, 0.6) is 0 Å². The molecule has 57 heavy (non-hydrogen) atoms. The summed E-state index contributed by atoms with van der Waals surface area (Å²) in [5, 5.41) is 11.0. The maximum atomic E-state index is 15.2. The topological polar surface area (TPSA) is 177 Å². The fourth-order valence-corrected chi connectivity index (χ4v) is 5.15. The van der Waals surface area contributed by atoms with Gasteiger partial charge in [-0.25, -0.2) is 28.4 Å². The molecule has 5 amide bonds. The lowest BCUT2D eigenvalue weighted by Gasteiger charge is -2.29. The quantitative estimate of drug-likeness (QED) is 0.0658. The molecule has 0 aliphatic carbocycles. The number of rotatable bonds is 18. The van der Waals surface area contributed by atoms with E-state index < -0.39 is 52.9 Å². The third-order valence-electron chi connectivity index (χ3n) is 7.66. The summed E-state index contributed by atoms with van der Waals surface area (Å²) >= 11 is 0.